The molecule has 0 unspecified atom stereocenters. The number of carbonyl (C=O) groups excluding carboxylic acids is 1. The van der Waals surface area contributed by atoms with Crippen LogP contribution in [0, 0.1) is 11.3 Å². The normalized spacial score (nSPS) is 11.8. The largest absolute Gasteiger partial charge is 0.305 e. The van der Waals surface area contributed by atoms with Gasteiger partial charge >= 0.3 is 0 Å². The topological polar surface area (TPSA) is 92.5 Å². The Morgan fingerprint density at radius 1 is 1.00 bits per heavy atom. The van der Waals surface area contributed by atoms with Crippen LogP contribution in [0.3, 0.4) is 0 Å². The zero-order valence-corrected chi connectivity index (χ0v) is 18.6. The van der Waals surface area contributed by atoms with Crippen LogP contribution in [-0.4, -0.2) is 19.9 Å². The van der Waals surface area contributed by atoms with Crippen LogP contribution in [0.15, 0.2) is 107 Å². The number of nitriles is 1. The minimum Gasteiger partial charge on any atom is -0.305 e. The maximum atomic E-state index is 13.2. The Kier molecular flexibility index (Phi) is 5.85. The first-order valence-electron chi connectivity index (χ1n) is 10.9. The summed E-state index contributed by atoms with van der Waals surface area (Å²) in [5.74, 6) is -0.524. The van der Waals surface area contributed by atoms with E-state index in [1.807, 2.05) is 60.7 Å². The maximum absolute atomic E-state index is 13.2. The third kappa shape index (κ3) is 4.41. The Morgan fingerprint density at radius 2 is 1.71 bits per heavy atom. The summed E-state index contributed by atoms with van der Waals surface area (Å²) in [5, 5.41) is 10.2. The Bertz CT molecular complexity index is 1760. The molecule has 0 saturated carbocycles. The van der Waals surface area contributed by atoms with Gasteiger partial charge in [0.25, 0.3) is 11.5 Å². The predicted molar refractivity (Wildman–Crippen MR) is 133 cm³/mol. The molecule has 7 heteroatoms. The molecule has 5 rings (SSSR count). The van der Waals surface area contributed by atoms with Crippen molar-refractivity contribution in [1.29, 1.82) is 5.26 Å². The molecule has 3 heterocycles. The smallest absolute Gasteiger partial charge is 0.271 e. The first-order valence-corrected chi connectivity index (χ1v) is 10.9. The molecular weight excluding hydrogens is 438 g/mol. The van der Waals surface area contributed by atoms with Crippen molar-refractivity contribution in [3.8, 4) is 6.07 Å². The molecule has 0 spiro atoms. The summed E-state index contributed by atoms with van der Waals surface area (Å²) < 4.78 is 3.09. The standard InChI is InChI=1S/C28H19N5O2/c29-18-22-17-23-27(30-24-13-7-8-16-32(24)28(23)35)33(19-21-11-5-2-6-12-21)26(22)31-25(34)15-14-20-9-3-1-4-10-20/h1-17H,19H2/b15-14+,31-26?. The first-order chi connectivity index (χ1) is 17.1. The minimum atomic E-state index is -0.524. The Labute approximate surface area is 200 Å². The molecule has 0 fully saturated rings. The number of hydrogen-bond acceptors (Lipinski definition) is 4. The Morgan fingerprint density at radius 3 is 2.46 bits per heavy atom. The number of fused-ring (bicyclic) bond motifs is 2. The van der Waals surface area contributed by atoms with E-state index in [0.29, 0.717) is 11.3 Å². The monoisotopic (exact) mass is 457 g/mol. The molecule has 7 nitrogen and oxygen atoms in total. The van der Waals surface area contributed by atoms with Gasteiger partial charge in [0.05, 0.1) is 17.5 Å². The van der Waals surface area contributed by atoms with Crippen LogP contribution in [0.4, 0.5) is 0 Å². The molecule has 0 bridgehead atoms. The van der Waals surface area contributed by atoms with E-state index in [4.69, 9.17) is 4.98 Å². The third-order valence-electron chi connectivity index (χ3n) is 5.53. The molecule has 3 aromatic heterocycles. The molecular formula is C28H19N5O2. The SMILES string of the molecule is N#Cc1cc2c(=O)n3ccccc3nc2n(Cc2ccccc2)c1=NC(=O)/C=C/c1ccccc1. The summed E-state index contributed by atoms with van der Waals surface area (Å²) in [7, 11) is 0. The number of carbonyl (C=O) groups is 1. The van der Waals surface area contributed by atoms with Crippen molar-refractivity contribution in [3.63, 3.8) is 0 Å². The Hall–Kier alpha value is -5.09. The van der Waals surface area contributed by atoms with Gasteiger partial charge in [-0.25, -0.2) is 4.98 Å². The van der Waals surface area contributed by atoms with Gasteiger partial charge in [0.2, 0.25) is 0 Å². The number of rotatable bonds is 4. The molecule has 0 saturated heterocycles. The number of pyridine rings is 2. The number of amides is 1. The van der Waals surface area contributed by atoms with Crippen LogP contribution in [0.5, 0.6) is 0 Å². The van der Waals surface area contributed by atoms with Gasteiger partial charge in [0.15, 0.2) is 5.49 Å². The molecule has 1 amide bonds. The van der Waals surface area contributed by atoms with Crippen LogP contribution in [-0.2, 0) is 11.3 Å². The summed E-state index contributed by atoms with van der Waals surface area (Å²) in [5.41, 5.74) is 2.54. The highest BCUT2D eigenvalue weighted by Gasteiger charge is 2.15. The molecule has 2 aromatic carbocycles. The van der Waals surface area contributed by atoms with Crippen LogP contribution < -0.4 is 11.0 Å². The van der Waals surface area contributed by atoms with Crippen LogP contribution >= 0.6 is 0 Å². The highest BCUT2D eigenvalue weighted by atomic mass is 16.1. The molecule has 0 radical (unpaired) electrons. The summed E-state index contributed by atoms with van der Waals surface area (Å²) in [6, 6.07) is 27.8. The van der Waals surface area contributed by atoms with Crippen molar-refractivity contribution in [2.45, 2.75) is 6.54 Å². The van der Waals surface area contributed by atoms with E-state index in [0.717, 1.165) is 11.1 Å². The highest BCUT2D eigenvalue weighted by Crippen LogP contribution is 2.12. The summed E-state index contributed by atoms with van der Waals surface area (Å²) >= 11 is 0. The summed E-state index contributed by atoms with van der Waals surface area (Å²) in [6.45, 7) is 0.275. The Balaban J connectivity index is 1.77. The third-order valence-corrected chi connectivity index (χ3v) is 5.53. The van der Waals surface area contributed by atoms with E-state index in [-0.39, 0.29) is 28.5 Å². The number of nitrogens with zero attached hydrogens (tertiary/aromatic N) is 5. The molecule has 168 valence electrons. The van der Waals surface area contributed by atoms with Crippen molar-refractivity contribution in [3.05, 3.63) is 130 Å². The van der Waals surface area contributed by atoms with E-state index in [1.165, 1.54) is 16.5 Å². The number of hydrogen-bond donors (Lipinski definition) is 0. The van der Waals surface area contributed by atoms with Gasteiger partial charge in [-0.15, -0.1) is 0 Å². The van der Waals surface area contributed by atoms with Gasteiger partial charge in [-0.2, -0.15) is 10.3 Å². The molecule has 0 atom stereocenters. The lowest BCUT2D eigenvalue weighted by Gasteiger charge is -2.13. The fourth-order valence-electron chi connectivity index (χ4n) is 3.87. The second-order valence-corrected chi connectivity index (χ2v) is 7.84. The van der Waals surface area contributed by atoms with Gasteiger partial charge < -0.3 is 4.57 Å². The van der Waals surface area contributed by atoms with Crippen LogP contribution in [0.2, 0.25) is 0 Å². The highest BCUT2D eigenvalue weighted by molar-refractivity contribution is 5.92. The van der Waals surface area contributed by atoms with E-state index < -0.39 is 5.91 Å². The second-order valence-electron chi connectivity index (χ2n) is 7.84. The minimum absolute atomic E-state index is 0.115. The summed E-state index contributed by atoms with van der Waals surface area (Å²) in [4.78, 5) is 35.0. The van der Waals surface area contributed by atoms with Gasteiger partial charge in [-0.1, -0.05) is 66.7 Å². The predicted octanol–water partition coefficient (Wildman–Crippen LogP) is 3.71. The second kappa shape index (κ2) is 9.41. The average Bonchev–Trinajstić information content (AvgIpc) is 2.90. The quantitative estimate of drug-likeness (QED) is 0.304. The lowest BCUT2D eigenvalue weighted by Crippen LogP contribution is -2.29. The van der Waals surface area contributed by atoms with E-state index in [9.17, 15) is 14.9 Å². The molecule has 5 aromatic rings. The van der Waals surface area contributed by atoms with Crippen molar-refractivity contribution < 1.29 is 4.79 Å². The fourth-order valence-corrected chi connectivity index (χ4v) is 3.87. The zero-order valence-electron chi connectivity index (χ0n) is 18.6. The van der Waals surface area contributed by atoms with E-state index in [2.05, 4.69) is 11.1 Å². The maximum Gasteiger partial charge on any atom is 0.271 e. The van der Waals surface area contributed by atoms with Crippen molar-refractivity contribution in [2.24, 2.45) is 4.99 Å². The van der Waals surface area contributed by atoms with E-state index in [1.54, 1.807) is 35.0 Å². The first kappa shape index (κ1) is 21.7. The van der Waals surface area contributed by atoms with Gasteiger partial charge in [-0.05, 0) is 35.4 Å². The molecule has 0 N–H and O–H groups in total. The molecule has 0 aliphatic heterocycles. The van der Waals surface area contributed by atoms with Gasteiger partial charge in [0, 0.05) is 12.3 Å². The zero-order chi connectivity index (χ0) is 24.2. The van der Waals surface area contributed by atoms with Gasteiger partial charge in [0.1, 0.15) is 17.4 Å². The lowest BCUT2D eigenvalue weighted by atomic mass is 10.2. The summed E-state index contributed by atoms with van der Waals surface area (Å²) in [6.07, 6.45) is 4.66. The molecule has 0 aliphatic carbocycles. The van der Waals surface area contributed by atoms with Crippen molar-refractivity contribution in [1.82, 2.24) is 14.0 Å². The van der Waals surface area contributed by atoms with Crippen LogP contribution in [0.25, 0.3) is 22.8 Å². The van der Waals surface area contributed by atoms with E-state index >= 15 is 0 Å². The number of aromatic nitrogens is 3. The van der Waals surface area contributed by atoms with Crippen LogP contribution in [0.1, 0.15) is 16.7 Å². The average molecular weight is 457 g/mol. The number of benzene rings is 2. The van der Waals surface area contributed by atoms with Crippen molar-refractivity contribution in [2.75, 3.05) is 0 Å². The fraction of sp³-hybridized carbons (Fsp3) is 0.0357. The molecule has 35 heavy (non-hydrogen) atoms. The van der Waals surface area contributed by atoms with Gasteiger partial charge in [-0.3, -0.25) is 14.0 Å². The lowest BCUT2D eigenvalue weighted by molar-refractivity contribution is -0.113. The van der Waals surface area contributed by atoms with Crippen molar-refractivity contribution >= 4 is 28.7 Å². The molecule has 0 aliphatic rings.